The van der Waals surface area contributed by atoms with Gasteiger partial charge in [-0.1, -0.05) is 0 Å². The summed E-state index contributed by atoms with van der Waals surface area (Å²) in [5.41, 5.74) is -0.377. The fourth-order valence-corrected chi connectivity index (χ4v) is 3.67. The predicted molar refractivity (Wildman–Crippen MR) is 98.9 cm³/mol. The number of nitro groups is 1. The Morgan fingerprint density at radius 3 is 2.68 bits per heavy atom. The quantitative estimate of drug-likeness (QED) is 0.509. The zero-order valence-electron chi connectivity index (χ0n) is 13.7. The molecule has 0 saturated heterocycles. The number of methoxy groups -OCH3 is 1. The third-order valence-corrected chi connectivity index (χ3v) is 4.99. The van der Waals surface area contributed by atoms with Crippen LogP contribution in [0.25, 0.3) is 0 Å². The number of hydrogen-bond donors (Lipinski definition) is 1. The lowest BCUT2D eigenvalue weighted by Gasteiger charge is -2.12. The molecule has 0 bridgehead atoms. The molecule has 2 rings (SSSR count). The highest BCUT2D eigenvalue weighted by Gasteiger charge is 2.24. The Morgan fingerprint density at radius 2 is 2.12 bits per heavy atom. The first-order chi connectivity index (χ1) is 12.0. The molecule has 0 aliphatic rings. The molecule has 0 saturated carbocycles. The Kier molecular flexibility index (Phi) is 6.77. The number of rotatable bonds is 8. The minimum Gasteiger partial charge on any atom is -0.493 e. The molecule has 1 heterocycles. The first kappa shape index (κ1) is 19.2. The second-order valence-electron chi connectivity index (χ2n) is 4.92. The van der Waals surface area contributed by atoms with E-state index in [9.17, 15) is 14.9 Å². The van der Waals surface area contributed by atoms with Gasteiger partial charge in [-0.2, -0.15) is 0 Å². The zero-order valence-corrected chi connectivity index (χ0v) is 16.1. The van der Waals surface area contributed by atoms with Crippen LogP contribution >= 0.6 is 27.3 Å². The number of halogens is 1. The summed E-state index contributed by atoms with van der Waals surface area (Å²) >= 11 is 4.96. The predicted octanol–water partition coefficient (Wildman–Crippen LogP) is 3.80. The van der Waals surface area contributed by atoms with Crippen molar-refractivity contribution < 1.29 is 19.2 Å². The Hall–Kier alpha value is -2.13. The molecule has 0 fully saturated rings. The summed E-state index contributed by atoms with van der Waals surface area (Å²) in [6.07, 6.45) is 0.643. The average Bonchev–Trinajstić information content (AvgIpc) is 2.99. The maximum absolute atomic E-state index is 12.4. The van der Waals surface area contributed by atoms with Gasteiger partial charge in [0.25, 0.3) is 11.6 Å². The van der Waals surface area contributed by atoms with E-state index in [-0.39, 0.29) is 17.0 Å². The summed E-state index contributed by atoms with van der Waals surface area (Å²) < 4.78 is 11.5. The van der Waals surface area contributed by atoms with Crippen LogP contribution in [0.4, 0.5) is 5.69 Å². The second kappa shape index (κ2) is 8.82. The number of nitrogens with zero attached hydrogens (tertiary/aromatic N) is 1. The molecule has 1 aromatic heterocycles. The van der Waals surface area contributed by atoms with E-state index >= 15 is 0 Å². The third-order valence-electron chi connectivity index (χ3n) is 3.31. The molecule has 0 unspecified atom stereocenters. The highest BCUT2D eigenvalue weighted by molar-refractivity contribution is 9.11. The van der Waals surface area contributed by atoms with Crippen molar-refractivity contribution in [1.29, 1.82) is 0 Å². The molecule has 134 valence electrons. The van der Waals surface area contributed by atoms with Crippen molar-refractivity contribution in [2.45, 2.75) is 13.3 Å². The van der Waals surface area contributed by atoms with Crippen LogP contribution in [0.5, 0.6) is 11.5 Å². The number of benzene rings is 1. The molecule has 1 aromatic carbocycles. The van der Waals surface area contributed by atoms with E-state index in [1.165, 1.54) is 19.2 Å². The van der Waals surface area contributed by atoms with Crippen LogP contribution in [0, 0.1) is 10.1 Å². The van der Waals surface area contributed by atoms with Gasteiger partial charge in [0.05, 0.1) is 28.5 Å². The highest BCUT2D eigenvalue weighted by atomic mass is 79.9. The van der Waals surface area contributed by atoms with Crippen molar-refractivity contribution in [2.24, 2.45) is 0 Å². The molecule has 0 radical (unpaired) electrons. The third kappa shape index (κ3) is 4.93. The fraction of sp³-hybridized carbons (Fsp3) is 0.312. The molecule has 2 aromatic rings. The van der Waals surface area contributed by atoms with E-state index in [4.69, 9.17) is 9.47 Å². The van der Waals surface area contributed by atoms with Crippen LogP contribution in [0.15, 0.2) is 28.1 Å². The molecule has 7 nitrogen and oxygen atoms in total. The number of carbonyl (C=O) groups excluding carboxylic acids is 1. The zero-order chi connectivity index (χ0) is 18.4. The molecule has 1 amide bonds. The van der Waals surface area contributed by atoms with Gasteiger partial charge >= 0.3 is 0 Å². The Labute approximate surface area is 157 Å². The van der Waals surface area contributed by atoms with Crippen LogP contribution in [-0.2, 0) is 6.42 Å². The Morgan fingerprint density at radius 1 is 1.36 bits per heavy atom. The van der Waals surface area contributed by atoms with Gasteiger partial charge in [-0.05, 0) is 41.4 Å². The maximum atomic E-state index is 12.4. The SMILES string of the molecule is CCOc1cc(C(=O)NCCc2ccc(Br)s2)c([N+](=O)[O-])cc1OC. The summed E-state index contributed by atoms with van der Waals surface area (Å²) in [5, 5.41) is 14.0. The van der Waals surface area contributed by atoms with E-state index < -0.39 is 10.8 Å². The number of nitro benzene ring substituents is 1. The number of nitrogens with one attached hydrogen (secondary N) is 1. The first-order valence-electron chi connectivity index (χ1n) is 7.47. The average molecular weight is 429 g/mol. The summed E-state index contributed by atoms with van der Waals surface area (Å²) in [6, 6.07) is 6.45. The van der Waals surface area contributed by atoms with Crippen molar-refractivity contribution in [2.75, 3.05) is 20.3 Å². The van der Waals surface area contributed by atoms with Crippen LogP contribution in [0.2, 0.25) is 0 Å². The molecular weight excluding hydrogens is 412 g/mol. The largest absolute Gasteiger partial charge is 0.493 e. The Balaban J connectivity index is 2.18. The van der Waals surface area contributed by atoms with Crippen LogP contribution in [0.1, 0.15) is 22.2 Å². The lowest BCUT2D eigenvalue weighted by atomic mass is 10.1. The van der Waals surface area contributed by atoms with Gasteiger partial charge in [0.1, 0.15) is 5.56 Å². The van der Waals surface area contributed by atoms with Gasteiger partial charge in [-0.25, -0.2) is 0 Å². The summed E-state index contributed by atoms with van der Waals surface area (Å²) in [5.74, 6) is -0.0117. The van der Waals surface area contributed by atoms with Crippen LogP contribution in [-0.4, -0.2) is 31.1 Å². The van der Waals surface area contributed by atoms with Gasteiger partial charge in [0.15, 0.2) is 11.5 Å². The number of ether oxygens (including phenoxy) is 2. The van der Waals surface area contributed by atoms with Crippen molar-refractivity contribution in [3.63, 3.8) is 0 Å². The molecule has 9 heteroatoms. The van der Waals surface area contributed by atoms with Crippen LogP contribution < -0.4 is 14.8 Å². The standard InChI is InChI=1S/C16H17BrN2O5S/c1-3-24-14-8-11(12(19(21)22)9-13(14)23-2)16(20)18-7-6-10-4-5-15(17)25-10/h4-5,8-9H,3,6-7H2,1-2H3,(H,18,20). The van der Waals surface area contributed by atoms with Gasteiger partial charge in [0.2, 0.25) is 0 Å². The van der Waals surface area contributed by atoms with Crippen LogP contribution in [0.3, 0.4) is 0 Å². The molecule has 0 atom stereocenters. The smallest absolute Gasteiger partial charge is 0.286 e. The maximum Gasteiger partial charge on any atom is 0.286 e. The normalized spacial score (nSPS) is 10.4. The van der Waals surface area contributed by atoms with E-state index in [1.807, 2.05) is 12.1 Å². The first-order valence-corrected chi connectivity index (χ1v) is 9.08. The number of carbonyl (C=O) groups is 1. The van der Waals surface area contributed by atoms with Crippen molar-refractivity contribution in [1.82, 2.24) is 5.32 Å². The molecule has 0 aliphatic carbocycles. The Bertz CT molecular complexity index is 778. The summed E-state index contributed by atoms with van der Waals surface area (Å²) in [6.45, 7) is 2.50. The lowest BCUT2D eigenvalue weighted by molar-refractivity contribution is -0.385. The minimum atomic E-state index is -0.608. The molecule has 0 spiro atoms. The highest BCUT2D eigenvalue weighted by Crippen LogP contribution is 2.34. The van der Waals surface area contributed by atoms with Crippen molar-refractivity contribution >= 4 is 38.9 Å². The molecule has 25 heavy (non-hydrogen) atoms. The number of hydrogen-bond acceptors (Lipinski definition) is 6. The molecule has 0 aliphatic heterocycles. The monoisotopic (exact) mass is 428 g/mol. The van der Waals surface area contributed by atoms with Gasteiger partial charge in [-0.3, -0.25) is 14.9 Å². The van der Waals surface area contributed by atoms with Gasteiger partial charge < -0.3 is 14.8 Å². The summed E-state index contributed by atoms with van der Waals surface area (Å²) in [4.78, 5) is 24.2. The number of amides is 1. The van der Waals surface area contributed by atoms with Gasteiger partial charge in [0, 0.05) is 17.5 Å². The number of thiophene rings is 1. The van der Waals surface area contributed by atoms with E-state index in [0.717, 1.165) is 8.66 Å². The lowest BCUT2D eigenvalue weighted by Crippen LogP contribution is -2.26. The van der Waals surface area contributed by atoms with E-state index in [1.54, 1.807) is 18.3 Å². The topological polar surface area (TPSA) is 90.7 Å². The minimum absolute atomic E-state index is 0.0541. The van der Waals surface area contributed by atoms with Crippen molar-refractivity contribution in [3.8, 4) is 11.5 Å². The van der Waals surface area contributed by atoms with Gasteiger partial charge in [-0.15, -0.1) is 11.3 Å². The second-order valence-corrected chi connectivity index (χ2v) is 7.47. The fourth-order valence-electron chi connectivity index (χ4n) is 2.19. The van der Waals surface area contributed by atoms with Crippen molar-refractivity contribution in [3.05, 3.63) is 48.6 Å². The molecule has 1 N–H and O–H groups in total. The van der Waals surface area contributed by atoms with E-state index in [0.29, 0.717) is 25.3 Å². The summed E-state index contributed by atoms with van der Waals surface area (Å²) in [7, 11) is 1.39. The molecular formula is C16H17BrN2O5S. The van der Waals surface area contributed by atoms with E-state index in [2.05, 4.69) is 21.2 Å².